The minimum atomic E-state index is -0.562. The quantitative estimate of drug-likeness (QED) is 0.669. The van der Waals surface area contributed by atoms with Gasteiger partial charge in [-0.15, -0.1) is 0 Å². The maximum atomic E-state index is 11.7. The van der Waals surface area contributed by atoms with Crippen molar-refractivity contribution in [3.05, 3.63) is 41.5 Å². The Labute approximate surface area is 135 Å². The Balaban J connectivity index is 1.72. The van der Waals surface area contributed by atoms with Gasteiger partial charge in [0.25, 0.3) is 5.91 Å². The number of nitrogens with zero attached hydrogens (tertiary/aromatic N) is 1. The lowest BCUT2D eigenvalue weighted by molar-refractivity contribution is -0.144. The minimum absolute atomic E-state index is 0.212. The van der Waals surface area contributed by atoms with E-state index in [0.29, 0.717) is 5.56 Å². The highest BCUT2D eigenvalue weighted by molar-refractivity contribution is 5.89. The van der Waals surface area contributed by atoms with Gasteiger partial charge in [-0.3, -0.25) is 4.79 Å². The first-order valence-corrected chi connectivity index (χ1v) is 7.82. The van der Waals surface area contributed by atoms with Crippen molar-refractivity contribution in [1.82, 2.24) is 5.32 Å². The first kappa shape index (κ1) is 16.8. The van der Waals surface area contributed by atoms with E-state index < -0.39 is 5.97 Å². The third-order valence-corrected chi connectivity index (χ3v) is 3.77. The second-order valence-electron chi connectivity index (χ2n) is 5.58. The first-order chi connectivity index (χ1) is 11.2. The number of benzene rings is 1. The van der Waals surface area contributed by atoms with Crippen LogP contribution < -0.4 is 5.32 Å². The van der Waals surface area contributed by atoms with Gasteiger partial charge in [0, 0.05) is 12.1 Å². The first-order valence-electron chi connectivity index (χ1n) is 7.82. The molecule has 0 saturated heterocycles. The molecule has 0 aliphatic heterocycles. The van der Waals surface area contributed by atoms with E-state index in [9.17, 15) is 9.59 Å². The lowest BCUT2D eigenvalue weighted by atomic mass is 9.95. The zero-order chi connectivity index (χ0) is 16.5. The van der Waals surface area contributed by atoms with Crippen molar-refractivity contribution >= 4 is 18.0 Å². The van der Waals surface area contributed by atoms with Crippen LogP contribution in [0.5, 0.6) is 0 Å². The van der Waals surface area contributed by atoms with Gasteiger partial charge >= 0.3 is 5.97 Å². The molecule has 2 rings (SSSR count). The van der Waals surface area contributed by atoms with Crippen LogP contribution in [0.15, 0.2) is 30.3 Å². The van der Waals surface area contributed by atoms with E-state index in [1.54, 1.807) is 30.3 Å². The van der Waals surface area contributed by atoms with Gasteiger partial charge in [0.05, 0.1) is 11.6 Å². The molecule has 1 fully saturated rings. The molecule has 0 spiro atoms. The lowest BCUT2D eigenvalue weighted by Crippen LogP contribution is -2.38. The second kappa shape index (κ2) is 8.74. The number of hydrogen-bond donors (Lipinski definition) is 1. The number of nitriles is 1. The Morgan fingerprint density at radius 1 is 1.22 bits per heavy atom. The van der Waals surface area contributed by atoms with Gasteiger partial charge in [-0.05, 0) is 36.6 Å². The van der Waals surface area contributed by atoms with E-state index in [1.807, 2.05) is 6.07 Å². The summed E-state index contributed by atoms with van der Waals surface area (Å²) in [5, 5.41) is 11.6. The molecule has 0 radical (unpaired) electrons. The number of amides is 1. The Morgan fingerprint density at radius 3 is 2.57 bits per heavy atom. The number of carbonyl (C=O) groups excluding carboxylic acids is 2. The molecule has 5 nitrogen and oxygen atoms in total. The van der Waals surface area contributed by atoms with Crippen molar-refractivity contribution in [2.75, 3.05) is 6.61 Å². The van der Waals surface area contributed by atoms with Gasteiger partial charge in [-0.2, -0.15) is 5.26 Å². The van der Waals surface area contributed by atoms with Gasteiger partial charge in [0.1, 0.15) is 0 Å². The van der Waals surface area contributed by atoms with Crippen LogP contribution in [0.4, 0.5) is 0 Å². The zero-order valence-corrected chi connectivity index (χ0v) is 13.0. The number of ether oxygens (including phenoxy) is 1. The standard InChI is InChI=1S/C18H20N2O3/c19-12-15-8-6-14(7-9-15)10-11-18(22)23-13-17(21)20-16-4-2-1-3-5-16/h6-11,16H,1-5,13H2,(H,20,21)/b11-10+. The number of carbonyl (C=O) groups is 2. The Bertz CT molecular complexity index is 608. The average Bonchev–Trinajstić information content (AvgIpc) is 2.59. The third kappa shape index (κ3) is 5.95. The van der Waals surface area contributed by atoms with E-state index >= 15 is 0 Å². The van der Waals surface area contributed by atoms with Crippen molar-refractivity contribution in [3.8, 4) is 6.07 Å². The Morgan fingerprint density at radius 2 is 1.91 bits per heavy atom. The molecule has 1 N–H and O–H groups in total. The summed E-state index contributed by atoms with van der Waals surface area (Å²) in [4.78, 5) is 23.3. The van der Waals surface area contributed by atoms with Gasteiger partial charge in [-0.25, -0.2) is 4.79 Å². The molecule has 1 aromatic rings. The zero-order valence-electron chi connectivity index (χ0n) is 13.0. The van der Waals surface area contributed by atoms with E-state index in [1.165, 1.54) is 12.5 Å². The molecule has 1 aliphatic carbocycles. The van der Waals surface area contributed by atoms with E-state index in [4.69, 9.17) is 10.00 Å². The van der Waals surface area contributed by atoms with E-state index in [-0.39, 0.29) is 18.6 Å². The lowest BCUT2D eigenvalue weighted by Gasteiger charge is -2.22. The van der Waals surface area contributed by atoms with Crippen LogP contribution in [0, 0.1) is 11.3 Å². The molecule has 120 valence electrons. The molecule has 1 aromatic carbocycles. The Hall–Kier alpha value is -2.61. The summed E-state index contributed by atoms with van der Waals surface area (Å²) in [7, 11) is 0. The van der Waals surface area contributed by atoms with Crippen molar-refractivity contribution in [2.24, 2.45) is 0 Å². The third-order valence-electron chi connectivity index (χ3n) is 3.77. The second-order valence-corrected chi connectivity index (χ2v) is 5.58. The van der Waals surface area contributed by atoms with Crippen LogP contribution in [0.3, 0.4) is 0 Å². The van der Waals surface area contributed by atoms with Crippen molar-refractivity contribution < 1.29 is 14.3 Å². The fourth-order valence-electron chi connectivity index (χ4n) is 2.53. The highest BCUT2D eigenvalue weighted by Gasteiger charge is 2.16. The predicted molar refractivity (Wildman–Crippen MR) is 86.2 cm³/mol. The largest absolute Gasteiger partial charge is 0.452 e. The van der Waals surface area contributed by atoms with Gasteiger partial charge in [-0.1, -0.05) is 31.4 Å². The normalized spacial score (nSPS) is 15.1. The maximum Gasteiger partial charge on any atom is 0.331 e. The predicted octanol–water partition coefficient (Wildman–Crippen LogP) is 2.56. The van der Waals surface area contributed by atoms with Crippen LogP contribution >= 0.6 is 0 Å². The van der Waals surface area contributed by atoms with Crippen molar-refractivity contribution in [3.63, 3.8) is 0 Å². The number of rotatable bonds is 5. The molecular weight excluding hydrogens is 292 g/mol. The SMILES string of the molecule is N#Cc1ccc(/C=C/C(=O)OCC(=O)NC2CCCCC2)cc1. The summed E-state index contributed by atoms with van der Waals surface area (Å²) >= 11 is 0. The van der Waals surface area contributed by atoms with Crippen LogP contribution in [0.25, 0.3) is 6.08 Å². The summed E-state index contributed by atoms with van der Waals surface area (Å²) in [5.74, 6) is -0.815. The molecule has 0 unspecified atom stereocenters. The van der Waals surface area contributed by atoms with Crippen LogP contribution in [-0.2, 0) is 14.3 Å². The fraction of sp³-hybridized carbons (Fsp3) is 0.389. The number of hydrogen-bond acceptors (Lipinski definition) is 4. The van der Waals surface area contributed by atoms with Crippen molar-refractivity contribution in [2.45, 2.75) is 38.1 Å². The summed E-state index contributed by atoms with van der Waals surface area (Å²) in [5.41, 5.74) is 1.34. The maximum absolute atomic E-state index is 11.7. The topological polar surface area (TPSA) is 79.2 Å². The highest BCUT2D eigenvalue weighted by atomic mass is 16.5. The van der Waals surface area contributed by atoms with E-state index in [0.717, 1.165) is 31.2 Å². The number of esters is 1. The summed E-state index contributed by atoms with van der Waals surface area (Å²) in [6, 6.07) is 9.04. The van der Waals surface area contributed by atoms with E-state index in [2.05, 4.69) is 5.32 Å². The highest BCUT2D eigenvalue weighted by Crippen LogP contribution is 2.17. The van der Waals surface area contributed by atoms with Gasteiger partial charge in [0.15, 0.2) is 6.61 Å². The fourth-order valence-corrected chi connectivity index (χ4v) is 2.53. The molecule has 0 aromatic heterocycles. The Kier molecular flexibility index (Phi) is 6.37. The van der Waals surface area contributed by atoms with Crippen LogP contribution in [-0.4, -0.2) is 24.5 Å². The van der Waals surface area contributed by atoms with Crippen LogP contribution in [0.2, 0.25) is 0 Å². The molecule has 0 atom stereocenters. The smallest absolute Gasteiger partial charge is 0.331 e. The molecule has 0 bridgehead atoms. The minimum Gasteiger partial charge on any atom is -0.452 e. The summed E-state index contributed by atoms with van der Waals surface area (Å²) < 4.78 is 4.92. The molecule has 1 aliphatic rings. The van der Waals surface area contributed by atoms with Crippen LogP contribution in [0.1, 0.15) is 43.2 Å². The molecule has 1 amide bonds. The molecule has 5 heteroatoms. The summed E-state index contributed by atoms with van der Waals surface area (Å²) in [6.07, 6.45) is 8.35. The van der Waals surface area contributed by atoms with Crippen molar-refractivity contribution in [1.29, 1.82) is 5.26 Å². The number of nitrogens with one attached hydrogen (secondary N) is 1. The average molecular weight is 312 g/mol. The monoisotopic (exact) mass is 312 g/mol. The molecular formula is C18H20N2O3. The molecule has 0 heterocycles. The van der Waals surface area contributed by atoms with Gasteiger partial charge in [0.2, 0.25) is 0 Å². The van der Waals surface area contributed by atoms with Gasteiger partial charge < -0.3 is 10.1 Å². The summed E-state index contributed by atoms with van der Waals surface area (Å²) in [6.45, 7) is -0.257. The molecule has 23 heavy (non-hydrogen) atoms. The molecule has 1 saturated carbocycles.